The molecule has 1 rings (SSSR count). The van der Waals surface area contributed by atoms with Gasteiger partial charge in [0.05, 0.1) is 6.61 Å². The van der Waals surface area contributed by atoms with Gasteiger partial charge in [0, 0.05) is 19.2 Å². The van der Waals surface area contributed by atoms with E-state index in [-0.39, 0.29) is 6.61 Å². The van der Waals surface area contributed by atoms with E-state index in [0.717, 1.165) is 26.0 Å². The van der Waals surface area contributed by atoms with Crippen LogP contribution in [0.4, 0.5) is 0 Å². The Hall–Kier alpha value is -0.380. The summed E-state index contributed by atoms with van der Waals surface area (Å²) in [7, 11) is 0. The van der Waals surface area contributed by atoms with Crippen molar-refractivity contribution < 1.29 is 9.84 Å². The summed E-state index contributed by atoms with van der Waals surface area (Å²) in [5.74, 6) is 0. The van der Waals surface area contributed by atoms with Gasteiger partial charge in [0.1, 0.15) is 6.61 Å². The van der Waals surface area contributed by atoms with E-state index in [1.807, 2.05) is 19.6 Å². The topological polar surface area (TPSA) is 41.5 Å². The number of ether oxygens (including phenoxy) is 1. The van der Waals surface area contributed by atoms with Crippen LogP contribution in [0.2, 0.25) is 0 Å². The Morgan fingerprint density at radius 3 is 3.23 bits per heavy atom. The second-order valence-electron chi connectivity index (χ2n) is 3.37. The lowest BCUT2D eigenvalue weighted by Gasteiger charge is -2.22. The molecule has 1 aliphatic heterocycles. The second-order valence-corrected chi connectivity index (χ2v) is 3.37. The molecule has 1 fully saturated rings. The molecule has 3 nitrogen and oxygen atoms in total. The third kappa shape index (κ3) is 4.41. The number of aliphatic hydroxyl groups is 1. The van der Waals surface area contributed by atoms with E-state index in [1.54, 1.807) is 0 Å². The monoisotopic (exact) mass is 184 g/mol. The number of nitrogens with one attached hydrogen (secondary N) is 1. The fraction of sp³-hybridized carbons (Fsp3) is 0.700. The summed E-state index contributed by atoms with van der Waals surface area (Å²) in [4.78, 5) is 0. The lowest BCUT2D eigenvalue weighted by atomic mass is 10.1. The van der Waals surface area contributed by atoms with Crippen molar-refractivity contribution in [3.8, 4) is 0 Å². The summed E-state index contributed by atoms with van der Waals surface area (Å²) in [5, 5.41) is 12.0. The lowest BCUT2D eigenvalue weighted by molar-refractivity contribution is 0.131. The normalized spacial score (nSPS) is 24.8. The molecule has 1 saturated heterocycles. The third-order valence-corrected chi connectivity index (χ3v) is 2.12. The van der Waals surface area contributed by atoms with E-state index >= 15 is 0 Å². The molecule has 1 aliphatic rings. The third-order valence-electron chi connectivity index (χ3n) is 2.12. The van der Waals surface area contributed by atoms with Crippen molar-refractivity contribution in [3.05, 3.63) is 18.3 Å². The van der Waals surface area contributed by atoms with Crippen LogP contribution in [-0.2, 0) is 4.74 Å². The Balaban J connectivity index is 2.13. The Labute approximate surface area is 79.8 Å². The average Bonchev–Trinajstić information content (AvgIpc) is 2.17. The van der Waals surface area contributed by atoms with Gasteiger partial charge < -0.3 is 15.2 Å². The van der Waals surface area contributed by atoms with Crippen molar-refractivity contribution in [2.45, 2.75) is 25.8 Å². The first-order chi connectivity index (χ1) is 6.33. The van der Waals surface area contributed by atoms with Gasteiger partial charge in [-0.1, -0.05) is 11.6 Å². The Morgan fingerprint density at radius 2 is 2.62 bits per heavy atom. The predicted octanol–water partition coefficient (Wildman–Crippen LogP) is 0.855. The zero-order chi connectivity index (χ0) is 9.52. The molecule has 1 heterocycles. The number of hydrogen-bond donors (Lipinski definition) is 2. The molecule has 2 N–H and O–H groups in total. The molecule has 0 aromatic carbocycles. The second kappa shape index (κ2) is 6.13. The molecular formula is C10H18NO2. The van der Waals surface area contributed by atoms with Gasteiger partial charge >= 0.3 is 0 Å². The van der Waals surface area contributed by atoms with Crippen LogP contribution in [0, 0.1) is 6.61 Å². The van der Waals surface area contributed by atoms with Crippen LogP contribution >= 0.6 is 0 Å². The van der Waals surface area contributed by atoms with Crippen LogP contribution in [0.3, 0.4) is 0 Å². The minimum Gasteiger partial charge on any atom is -0.392 e. The summed E-state index contributed by atoms with van der Waals surface area (Å²) in [5.41, 5.74) is 1.17. The van der Waals surface area contributed by atoms with Crippen LogP contribution in [0.15, 0.2) is 11.6 Å². The van der Waals surface area contributed by atoms with Crippen LogP contribution in [0.5, 0.6) is 0 Å². The zero-order valence-electron chi connectivity index (χ0n) is 8.12. The summed E-state index contributed by atoms with van der Waals surface area (Å²) in [6.45, 7) is 5.68. The standard InChI is InChI=1S/C10H18NO2/c1-9(4-5-12)7-11-10-3-2-6-13-8-10/h4,8,10-12H,2-3,5-7H2,1H3/b9-4+. The predicted molar refractivity (Wildman–Crippen MR) is 52.1 cm³/mol. The number of aliphatic hydroxyl groups excluding tert-OH is 1. The molecule has 75 valence electrons. The summed E-state index contributed by atoms with van der Waals surface area (Å²) < 4.78 is 5.22. The minimum absolute atomic E-state index is 0.123. The van der Waals surface area contributed by atoms with Crippen LogP contribution in [-0.4, -0.2) is 30.9 Å². The van der Waals surface area contributed by atoms with Gasteiger partial charge in [0.2, 0.25) is 0 Å². The van der Waals surface area contributed by atoms with Crippen molar-refractivity contribution in [3.63, 3.8) is 0 Å². The van der Waals surface area contributed by atoms with E-state index in [2.05, 4.69) is 5.32 Å². The van der Waals surface area contributed by atoms with E-state index in [1.165, 1.54) is 5.57 Å². The molecule has 1 unspecified atom stereocenters. The molecule has 0 aromatic rings. The van der Waals surface area contributed by atoms with Gasteiger partial charge in [-0.2, -0.15) is 0 Å². The molecule has 0 aliphatic carbocycles. The molecule has 0 spiro atoms. The first-order valence-electron chi connectivity index (χ1n) is 4.77. The highest BCUT2D eigenvalue weighted by Gasteiger charge is 2.12. The largest absolute Gasteiger partial charge is 0.392 e. The first kappa shape index (κ1) is 10.7. The van der Waals surface area contributed by atoms with Crippen molar-refractivity contribution >= 4 is 0 Å². The van der Waals surface area contributed by atoms with Gasteiger partial charge in [-0.15, -0.1) is 0 Å². The van der Waals surface area contributed by atoms with Crippen molar-refractivity contribution in [1.29, 1.82) is 0 Å². The molecule has 1 radical (unpaired) electrons. The Bertz CT molecular complexity index is 162. The number of hydrogen-bond acceptors (Lipinski definition) is 3. The van der Waals surface area contributed by atoms with E-state index in [0.29, 0.717) is 6.04 Å². The molecule has 0 amide bonds. The fourth-order valence-electron chi connectivity index (χ4n) is 1.31. The molecule has 0 aromatic heterocycles. The van der Waals surface area contributed by atoms with E-state index in [4.69, 9.17) is 9.84 Å². The van der Waals surface area contributed by atoms with Crippen LogP contribution in [0.25, 0.3) is 0 Å². The van der Waals surface area contributed by atoms with E-state index in [9.17, 15) is 0 Å². The zero-order valence-corrected chi connectivity index (χ0v) is 8.12. The van der Waals surface area contributed by atoms with Crippen molar-refractivity contribution in [1.82, 2.24) is 5.32 Å². The molecule has 1 atom stereocenters. The summed E-state index contributed by atoms with van der Waals surface area (Å²) in [6, 6.07) is 0.371. The van der Waals surface area contributed by atoms with Crippen LogP contribution in [0.1, 0.15) is 19.8 Å². The lowest BCUT2D eigenvalue weighted by Crippen LogP contribution is -2.34. The highest BCUT2D eigenvalue weighted by Crippen LogP contribution is 2.09. The van der Waals surface area contributed by atoms with Gasteiger partial charge in [-0.05, 0) is 19.8 Å². The molecule has 13 heavy (non-hydrogen) atoms. The molecular weight excluding hydrogens is 166 g/mol. The summed E-state index contributed by atoms with van der Waals surface area (Å²) >= 11 is 0. The van der Waals surface area contributed by atoms with Crippen molar-refractivity contribution in [2.24, 2.45) is 0 Å². The quantitative estimate of drug-likeness (QED) is 0.637. The smallest absolute Gasteiger partial charge is 0.100 e. The molecule has 3 heteroatoms. The average molecular weight is 184 g/mol. The maximum Gasteiger partial charge on any atom is 0.100 e. The van der Waals surface area contributed by atoms with Gasteiger partial charge in [-0.25, -0.2) is 0 Å². The van der Waals surface area contributed by atoms with E-state index < -0.39 is 0 Å². The molecule has 0 saturated carbocycles. The highest BCUT2D eigenvalue weighted by atomic mass is 16.5. The van der Waals surface area contributed by atoms with Crippen molar-refractivity contribution in [2.75, 3.05) is 19.8 Å². The Morgan fingerprint density at radius 1 is 1.77 bits per heavy atom. The Kier molecular flexibility index (Phi) is 5.05. The maximum absolute atomic E-state index is 8.64. The van der Waals surface area contributed by atoms with Gasteiger partial charge in [0.15, 0.2) is 0 Å². The fourth-order valence-corrected chi connectivity index (χ4v) is 1.31. The highest BCUT2D eigenvalue weighted by molar-refractivity contribution is 5.01. The minimum atomic E-state index is 0.123. The van der Waals surface area contributed by atoms with Crippen LogP contribution < -0.4 is 5.32 Å². The maximum atomic E-state index is 8.64. The number of rotatable bonds is 4. The van der Waals surface area contributed by atoms with Gasteiger partial charge in [-0.3, -0.25) is 0 Å². The SMILES string of the molecule is C/C(=C\CO)CNC1[CH]OCCC1. The summed E-state index contributed by atoms with van der Waals surface area (Å²) in [6.07, 6.45) is 4.08. The van der Waals surface area contributed by atoms with Gasteiger partial charge in [0.25, 0.3) is 0 Å². The molecule has 0 bridgehead atoms. The first-order valence-corrected chi connectivity index (χ1v) is 4.77.